The van der Waals surface area contributed by atoms with Crippen LogP contribution in [-0.2, 0) is 10.8 Å². The molecule has 0 radical (unpaired) electrons. The number of pyridine rings is 1. The van der Waals surface area contributed by atoms with Crippen LogP contribution in [0.3, 0.4) is 0 Å². The van der Waals surface area contributed by atoms with Crippen LogP contribution in [0.25, 0.3) is 0 Å². The van der Waals surface area contributed by atoms with Gasteiger partial charge in [-0.15, -0.1) is 0 Å². The molecule has 0 aliphatic rings. The molecule has 2 N–H and O–H groups in total. The van der Waals surface area contributed by atoms with Gasteiger partial charge in [0.15, 0.2) is 0 Å². The third kappa shape index (κ3) is 1.54. The standard InChI is InChI=1S/C6H8N2OS/c1-10(9)5-2-3-6(7)8-4-5/h2-4H,1H3,(H2,7,8)/t10-/m0/s1. The Morgan fingerprint density at radius 2 is 2.30 bits per heavy atom. The van der Waals surface area contributed by atoms with Gasteiger partial charge in [0.05, 0.1) is 15.7 Å². The summed E-state index contributed by atoms with van der Waals surface area (Å²) in [5.74, 6) is 0.453. The Bertz CT molecular complexity index is 244. The largest absolute Gasteiger partial charge is 0.384 e. The third-order valence-corrected chi connectivity index (χ3v) is 2.00. The van der Waals surface area contributed by atoms with E-state index in [1.807, 2.05) is 0 Å². The summed E-state index contributed by atoms with van der Waals surface area (Å²) in [6.45, 7) is 0. The second-order valence-corrected chi connectivity index (χ2v) is 3.25. The minimum atomic E-state index is -0.955. The molecule has 0 saturated carbocycles. The molecule has 3 nitrogen and oxygen atoms in total. The highest BCUT2D eigenvalue weighted by molar-refractivity contribution is 7.84. The lowest BCUT2D eigenvalue weighted by molar-refractivity contribution is 0.686. The van der Waals surface area contributed by atoms with E-state index >= 15 is 0 Å². The zero-order valence-corrected chi connectivity index (χ0v) is 6.39. The van der Waals surface area contributed by atoms with E-state index in [1.54, 1.807) is 18.4 Å². The molecular formula is C6H8N2OS. The normalized spacial score (nSPS) is 12.9. The van der Waals surface area contributed by atoms with Crippen LogP contribution < -0.4 is 5.73 Å². The minimum Gasteiger partial charge on any atom is -0.384 e. The lowest BCUT2D eigenvalue weighted by Gasteiger charge is -1.94. The first-order chi connectivity index (χ1) is 4.70. The maximum Gasteiger partial charge on any atom is 0.123 e. The van der Waals surface area contributed by atoms with Gasteiger partial charge in [0.1, 0.15) is 5.82 Å². The van der Waals surface area contributed by atoms with Crippen molar-refractivity contribution in [2.45, 2.75) is 4.90 Å². The number of nitrogen functional groups attached to an aromatic ring is 1. The smallest absolute Gasteiger partial charge is 0.123 e. The fraction of sp³-hybridized carbons (Fsp3) is 0.167. The minimum absolute atomic E-state index is 0.453. The number of nitrogens with two attached hydrogens (primary N) is 1. The predicted octanol–water partition coefficient (Wildman–Crippen LogP) is 0.401. The predicted molar refractivity (Wildman–Crippen MR) is 41.0 cm³/mol. The Hall–Kier alpha value is -0.900. The number of hydrogen-bond donors (Lipinski definition) is 1. The summed E-state index contributed by atoms with van der Waals surface area (Å²) in [5.41, 5.74) is 5.32. The SMILES string of the molecule is C[S@](=O)c1ccc(N)nc1. The summed E-state index contributed by atoms with van der Waals surface area (Å²) >= 11 is 0. The summed E-state index contributed by atoms with van der Waals surface area (Å²) < 4.78 is 10.8. The lowest BCUT2D eigenvalue weighted by Crippen LogP contribution is -1.92. The monoisotopic (exact) mass is 156 g/mol. The maximum atomic E-state index is 10.8. The molecule has 1 heterocycles. The molecule has 1 aromatic heterocycles. The Morgan fingerprint density at radius 1 is 1.60 bits per heavy atom. The number of hydrogen-bond acceptors (Lipinski definition) is 3. The van der Waals surface area contributed by atoms with E-state index in [0.29, 0.717) is 10.7 Å². The van der Waals surface area contributed by atoms with E-state index in [2.05, 4.69) is 4.98 Å². The van der Waals surface area contributed by atoms with Crippen LogP contribution >= 0.6 is 0 Å². The van der Waals surface area contributed by atoms with E-state index in [1.165, 1.54) is 6.20 Å². The first-order valence-corrected chi connectivity index (χ1v) is 4.31. The first kappa shape index (κ1) is 7.21. The van der Waals surface area contributed by atoms with Gasteiger partial charge in [0, 0.05) is 12.5 Å². The molecule has 10 heavy (non-hydrogen) atoms. The Morgan fingerprint density at radius 3 is 2.70 bits per heavy atom. The van der Waals surface area contributed by atoms with Crippen molar-refractivity contribution < 1.29 is 4.21 Å². The van der Waals surface area contributed by atoms with Crippen LogP contribution in [0.1, 0.15) is 0 Å². The fourth-order valence-electron chi connectivity index (χ4n) is 0.562. The molecule has 1 atom stereocenters. The van der Waals surface area contributed by atoms with Crippen LogP contribution in [0.2, 0.25) is 0 Å². The van der Waals surface area contributed by atoms with Crippen molar-refractivity contribution in [3.8, 4) is 0 Å². The molecule has 54 valence electrons. The van der Waals surface area contributed by atoms with Gasteiger partial charge in [-0.25, -0.2) is 4.98 Å². The zero-order valence-electron chi connectivity index (χ0n) is 5.57. The van der Waals surface area contributed by atoms with Crippen LogP contribution in [-0.4, -0.2) is 15.4 Å². The molecule has 0 aliphatic carbocycles. The molecule has 0 fully saturated rings. The zero-order chi connectivity index (χ0) is 7.56. The summed E-state index contributed by atoms with van der Waals surface area (Å²) in [5, 5.41) is 0. The van der Waals surface area contributed by atoms with Gasteiger partial charge in [-0.2, -0.15) is 0 Å². The second kappa shape index (κ2) is 2.79. The number of anilines is 1. The number of rotatable bonds is 1. The summed E-state index contributed by atoms with van der Waals surface area (Å²) in [7, 11) is -0.955. The van der Waals surface area contributed by atoms with E-state index < -0.39 is 10.8 Å². The molecule has 0 aliphatic heterocycles. The summed E-state index contributed by atoms with van der Waals surface area (Å²) in [6, 6.07) is 3.34. The van der Waals surface area contributed by atoms with Gasteiger partial charge in [-0.05, 0) is 12.1 Å². The van der Waals surface area contributed by atoms with Crippen molar-refractivity contribution >= 4 is 16.6 Å². The summed E-state index contributed by atoms with van der Waals surface area (Å²) in [4.78, 5) is 4.49. The molecule has 1 rings (SSSR count). The average Bonchev–Trinajstić information content (AvgIpc) is 1.88. The van der Waals surface area contributed by atoms with Crippen LogP contribution in [0.4, 0.5) is 5.82 Å². The maximum absolute atomic E-state index is 10.8. The van der Waals surface area contributed by atoms with Crippen LogP contribution in [0, 0.1) is 0 Å². The molecule has 0 bridgehead atoms. The van der Waals surface area contributed by atoms with Gasteiger partial charge >= 0.3 is 0 Å². The fourth-order valence-corrected chi connectivity index (χ4v) is 1.02. The van der Waals surface area contributed by atoms with Crippen molar-refractivity contribution in [1.82, 2.24) is 4.98 Å². The molecule has 4 heteroatoms. The Kier molecular flexibility index (Phi) is 2.01. The van der Waals surface area contributed by atoms with Crippen molar-refractivity contribution in [1.29, 1.82) is 0 Å². The average molecular weight is 156 g/mol. The summed E-state index contributed by atoms with van der Waals surface area (Å²) in [6.07, 6.45) is 3.12. The van der Waals surface area contributed by atoms with Gasteiger partial charge in [-0.1, -0.05) is 0 Å². The molecule has 0 unspecified atom stereocenters. The molecular weight excluding hydrogens is 148 g/mol. The highest BCUT2D eigenvalue weighted by Crippen LogP contribution is 2.03. The molecule has 1 aromatic rings. The van der Waals surface area contributed by atoms with E-state index in [-0.39, 0.29) is 0 Å². The van der Waals surface area contributed by atoms with Crippen molar-refractivity contribution in [2.75, 3.05) is 12.0 Å². The Balaban J connectivity index is 3.00. The molecule has 0 amide bonds. The molecule has 0 spiro atoms. The van der Waals surface area contributed by atoms with E-state index in [0.717, 1.165) is 0 Å². The van der Waals surface area contributed by atoms with Crippen molar-refractivity contribution in [3.63, 3.8) is 0 Å². The highest BCUT2D eigenvalue weighted by atomic mass is 32.2. The molecule has 0 saturated heterocycles. The van der Waals surface area contributed by atoms with E-state index in [4.69, 9.17) is 5.73 Å². The lowest BCUT2D eigenvalue weighted by atomic mass is 10.5. The van der Waals surface area contributed by atoms with Gasteiger partial charge in [-0.3, -0.25) is 4.21 Å². The number of nitrogens with zero attached hydrogens (tertiary/aromatic N) is 1. The van der Waals surface area contributed by atoms with Crippen LogP contribution in [0.15, 0.2) is 23.2 Å². The van der Waals surface area contributed by atoms with Crippen molar-refractivity contribution in [2.24, 2.45) is 0 Å². The first-order valence-electron chi connectivity index (χ1n) is 2.75. The van der Waals surface area contributed by atoms with Gasteiger partial charge in [0.25, 0.3) is 0 Å². The van der Waals surface area contributed by atoms with Gasteiger partial charge in [0.2, 0.25) is 0 Å². The Labute approximate surface area is 61.7 Å². The van der Waals surface area contributed by atoms with E-state index in [9.17, 15) is 4.21 Å². The second-order valence-electron chi connectivity index (χ2n) is 1.87. The topological polar surface area (TPSA) is 56.0 Å². The third-order valence-electron chi connectivity index (χ3n) is 1.09. The highest BCUT2D eigenvalue weighted by Gasteiger charge is 1.94. The van der Waals surface area contributed by atoms with Gasteiger partial charge < -0.3 is 5.73 Å². The van der Waals surface area contributed by atoms with Crippen LogP contribution in [0.5, 0.6) is 0 Å². The quantitative estimate of drug-likeness (QED) is 0.640. The molecule has 0 aromatic carbocycles. The van der Waals surface area contributed by atoms with Crippen molar-refractivity contribution in [3.05, 3.63) is 18.3 Å². The number of aromatic nitrogens is 1.